The van der Waals surface area contributed by atoms with Crippen LogP contribution in [0.5, 0.6) is 5.88 Å². The molecule has 4 heterocycles. The molecule has 0 spiro atoms. The minimum atomic E-state index is -4.83. The molecule has 4 aromatic rings. The molecular formula is C25H25F4N7O2. The van der Waals surface area contributed by atoms with Crippen LogP contribution >= 0.6 is 0 Å². The molecule has 0 bridgehead atoms. The van der Waals surface area contributed by atoms with E-state index in [0.29, 0.717) is 55.5 Å². The van der Waals surface area contributed by atoms with E-state index < -0.39 is 29.5 Å². The average molecular weight is 532 g/mol. The number of halogens is 4. The predicted molar refractivity (Wildman–Crippen MR) is 131 cm³/mol. The van der Waals surface area contributed by atoms with Crippen LogP contribution in [0.1, 0.15) is 44.2 Å². The summed E-state index contributed by atoms with van der Waals surface area (Å²) in [5, 5.41) is 13.2. The van der Waals surface area contributed by atoms with Crippen molar-refractivity contribution in [2.45, 2.75) is 50.9 Å². The molecule has 1 aliphatic rings. The van der Waals surface area contributed by atoms with E-state index in [0.717, 1.165) is 17.1 Å². The summed E-state index contributed by atoms with van der Waals surface area (Å²) in [4.78, 5) is 20.0. The standard InChI is InChI=1S/C25H25F4N7O2/c1-3-30-20-12-19-16(13-32-20)23(18-8-9-21(37)35(2)33-18)34-36(19)14-4-6-15(7-5-14)38-24-22(26)17(10-11-31-24)25(27,28)29/h8-15H,3-7H2,1-2H3,(H,30,32). The van der Waals surface area contributed by atoms with Crippen LogP contribution in [-0.2, 0) is 13.2 Å². The Morgan fingerprint density at radius 2 is 1.87 bits per heavy atom. The fourth-order valence-electron chi connectivity index (χ4n) is 4.70. The summed E-state index contributed by atoms with van der Waals surface area (Å²) in [6.45, 7) is 2.65. The molecule has 38 heavy (non-hydrogen) atoms. The zero-order chi connectivity index (χ0) is 27.0. The SMILES string of the molecule is CCNc1cc2c(cn1)c(-c1ccc(=O)n(C)n1)nn2C1CCC(Oc2nccc(C(F)(F)F)c2F)CC1. The number of alkyl halides is 3. The summed E-state index contributed by atoms with van der Waals surface area (Å²) in [5.41, 5.74) is 0.298. The summed E-state index contributed by atoms with van der Waals surface area (Å²) in [5.74, 6) is -1.46. The molecule has 4 aromatic heterocycles. The molecule has 13 heteroatoms. The molecule has 0 atom stereocenters. The van der Waals surface area contributed by atoms with Crippen molar-refractivity contribution in [2.24, 2.45) is 7.05 Å². The summed E-state index contributed by atoms with van der Waals surface area (Å²) in [6.07, 6.45) is -0.556. The third-order valence-electron chi connectivity index (χ3n) is 6.58. The van der Waals surface area contributed by atoms with Gasteiger partial charge in [-0.15, -0.1) is 0 Å². The summed E-state index contributed by atoms with van der Waals surface area (Å²) in [7, 11) is 1.57. The zero-order valence-corrected chi connectivity index (χ0v) is 20.7. The van der Waals surface area contributed by atoms with Gasteiger partial charge in [-0.05, 0) is 44.7 Å². The van der Waals surface area contributed by atoms with Crippen molar-refractivity contribution in [3.05, 3.63) is 58.4 Å². The Balaban J connectivity index is 1.41. The lowest BCUT2D eigenvalue weighted by molar-refractivity contribution is -0.140. The molecule has 0 unspecified atom stereocenters. The smallest absolute Gasteiger partial charge is 0.419 e. The van der Waals surface area contributed by atoms with Crippen LogP contribution in [0.2, 0.25) is 0 Å². The van der Waals surface area contributed by atoms with E-state index in [4.69, 9.17) is 9.84 Å². The number of anilines is 1. The van der Waals surface area contributed by atoms with Crippen molar-refractivity contribution < 1.29 is 22.3 Å². The van der Waals surface area contributed by atoms with Gasteiger partial charge in [0.1, 0.15) is 23.3 Å². The first-order valence-corrected chi connectivity index (χ1v) is 12.2. The summed E-state index contributed by atoms with van der Waals surface area (Å²) >= 11 is 0. The second-order valence-corrected chi connectivity index (χ2v) is 9.11. The van der Waals surface area contributed by atoms with Crippen LogP contribution in [0.4, 0.5) is 23.4 Å². The van der Waals surface area contributed by atoms with Crippen LogP contribution in [-0.4, -0.2) is 42.2 Å². The van der Waals surface area contributed by atoms with Gasteiger partial charge in [-0.2, -0.15) is 23.4 Å². The Kier molecular flexibility index (Phi) is 6.76. The number of hydrogen-bond donors (Lipinski definition) is 1. The van der Waals surface area contributed by atoms with Gasteiger partial charge < -0.3 is 10.1 Å². The average Bonchev–Trinajstić information content (AvgIpc) is 3.26. The largest absolute Gasteiger partial charge is 0.472 e. The van der Waals surface area contributed by atoms with Crippen LogP contribution < -0.4 is 15.6 Å². The maximum absolute atomic E-state index is 14.4. The first-order chi connectivity index (χ1) is 18.2. The fraction of sp³-hybridized carbons (Fsp3) is 0.400. The number of aromatic nitrogens is 6. The normalized spacial score (nSPS) is 18.1. The Hall–Kier alpha value is -4.03. The van der Waals surface area contributed by atoms with Crippen LogP contribution in [0, 0.1) is 5.82 Å². The van der Waals surface area contributed by atoms with Gasteiger partial charge in [0.05, 0.1) is 17.1 Å². The van der Waals surface area contributed by atoms with Crippen molar-refractivity contribution in [2.75, 3.05) is 11.9 Å². The number of nitrogens with zero attached hydrogens (tertiary/aromatic N) is 6. The highest BCUT2D eigenvalue weighted by atomic mass is 19.4. The Bertz CT molecular complexity index is 1520. The number of aryl methyl sites for hydroxylation is 1. The second kappa shape index (κ2) is 10.0. The lowest BCUT2D eigenvalue weighted by Crippen LogP contribution is -2.27. The third kappa shape index (κ3) is 4.92. The van der Waals surface area contributed by atoms with Crippen molar-refractivity contribution >= 4 is 16.7 Å². The molecule has 200 valence electrons. The minimum absolute atomic E-state index is 0.0465. The monoisotopic (exact) mass is 531 g/mol. The van der Waals surface area contributed by atoms with Gasteiger partial charge in [0, 0.05) is 43.5 Å². The molecule has 0 radical (unpaired) electrons. The minimum Gasteiger partial charge on any atom is -0.472 e. The highest BCUT2D eigenvalue weighted by molar-refractivity contribution is 5.93. The Labute approximate surface area is 214 Å². The van der Waals surface area contributed by atoms with E-state index in [2.05, 4.69) is 20.4 Å². The molecule has 5 rings (SSSR count). The van der Waals surface area contributed by atoms with Crippen LogP contribution in [0.3, 0.4) is 0 Å². The van der Waals surface area contributed by atoms with Crippen molar-refractivity contribution in [3.63, 3.8) is 0 Å². The number of ether oxygens (including phenoxy) is 1. The molecule has 1 saturated carbocycles. The van der Waals surface area contributed by atoms with Crippen LogP contribution in [0.25, 0.3) is 22.3 Å². The number of fused-ring (bicyclic) bond motifs is 1. The Morgan fingerprint density at radius 1 is 1.11 bits per heavy atom. The fourth-order valence-corrected chi connectivity index (χ4v) is 4.70. The van der Waals surface area contributed by atoms with E-state index in [1.54, 1.807) is 19.3 Å². The predicted octanol–water partition coefficient (Wildman–Crippen LogP) is 4.74. The molecule has 0 saturated heterocycles. The maximum atomic E-state index is 14.4. The van der Waals surface area contributed by atoms with E-state index in [-0.39, 0.29) is 11.6 Å². The molecule has 0 amide bonds. The summed E-state index contributed by atoms with van der Waals surface area (Å²) < 4.78 is 62.3. The number of nitrogens with one attached hydrogen (secondary N) is 1. The maximum Gasteiger partial charge on any atom is 0.419 e. The lowest BCUT2D eigenvalue weighted by atomic mass is 9.93. The molecule has 1 N–H and O–H groups in total. The lowest BCUT2D eigenvalue weighted by Gasteiger charge is -2.29. The Morgan fingerprint density at radius 3 is 2.55 bits per heavy atom. The molecule has 9 nitrogen and oxygen atoms in total. The van der Waals surface area contributed by atoms with Gasteiger partial charge >= 0.3 is 6.18 Å². The summed E-state index contributed by atoms with van der Waals surface area (Å²) in [6, 6.07) is 5.50. The number of pyridine rings is 2. The van der Waals surface area contributed by atoms with E-state index in [1.807, 2.05) is 17.7 Å². The van der Waals surface area contributed by atoms with Gasteiger partial charge in [0.2, 0.25) is 0 Å². The van der Waals surface area contributed by atoms with Gasteiger partial charge in [0.25, 0.3) is 11.4 Å². The first kappa shape index (κ1) is 25.6. The third-order valence-corrected chi connectivity index (χ3v) is 6.58. The van der Waals surface area contributed by atoms with Gasteiger partial charge in [-0.25, -0.2) is 19.0 Å². The van der Waals surface area contributed by atoms with Gasteiger partial charge in [-0.1, -0.05) is 0 Å². The highest BCUT2D eigenvalue weighted by Crippen LogP contribution is 2.38. The topological polar surface area (TPSA) is 99.8 Å². The van der Waals surface area contributed by atoms with Crippen molar-refractivity contribution in [1.82, 2.24) is 29.5 Å². The van der Waals surface area contributed by atoms with Crippen molar-refractivity contribution in [3.8, 4) is 17.3 Å². The van der Waals surface area contributed by atoms with E-state index in [1.165, 1.54) is 10.7 Å². The number of hydrogen-bond acceptors (Lipinski definition) is 7. The molecule has 0 aliphatic heterocycles. The molecule has 1 fully saturated rings. The highest BCUT2D eigenvalue weighted by Gasteiger charge is 2.36. The van der Waals surface area contributed by atoms with Crippen molar-refractivity contribution in [1.29, 1.82) is 0 Å². The molecule has 0 aromatic carbocycles. The van der Waals surface area contributed by atoms with Gasteiger partial charge in [-0.3, -0.25) is 9.48 Å². The van der Waals surface area contributed by atoms with Gasteiger partial charge in [0.15, 0.2) is 5.82 Å². The van der Waals surface area contributed by atoms with Crippen LogP contribution in [0.15, 0.2) is 41.5 Å². The molecule has 1 aliphatic carbocycles. The molecular weight excluding hydrogens is 506 g/mol. The second-order valence-electron chi connectivity index (χ2n) is 9.11. The number of rotatable bonds is 6. The quantitative estimate of drug-likeness (QED) is 0.359. The first-order valence-electron chi connectivity index (χ1n) is 12.2. The van der Waals surface area contributed by atoms with E-state index in [9.17, 15) is 22.4 Å². The van der Waals surface area contributed by atoms with E-state index >= 15 is 0 Å². The zero-order valence-electron chi connectivity index (χ0n) is 20.7.